The molecule has 130 valence electrons. The monoisotopic (exact) mass is 355 g/mol. The molecule has 0 spiro atoms. The second kappa shape index (κ2) is 8.11. The summed E-state index contributed by atoms with van der Waals surface area (Å²) in [6, 6.07) is 8.70. The van der Waals surface area contributed by atoms with E-state index < -0.39 is 0 Å². The summed E-state index contributed by atoms with van der Waals surface area (Å²) in [5.41, 5.74) is 2.29. The molecule has 3 heterocycles. The molecule has 0 amide bonds. The van der Waals surface area contributed by atoms with Crippen LogP contribution in [0, 0.1) is 6.92 Å². The minimum Gasteiger partial charge on any atom is -0.407 e. The van der Waals surface area contributed by atoms with Crippen LogP contribution in [0.15, 0.2) is 52.2 Å². The summed E-state index contributed by atoms with van der Waals surface area (Å²) in [7, 11) is 1.97. The van der Waals surface area contributed by atoms with Gasteiger partial charge < -0.3 is 9.32 Å². The molecule has 0 aliphatic rings. The molecule has 0 saturated carbocycles. The molecule has 0 radical (unpaired) electrons. The van der Waals surface area contributed by atoms with Gasteiger partial charge in [0.1, 0.15) is 0 Å². The zero-order chi connectivity index (χ0) is 17.6. The maximum atomic E-state index is 5.80. The molecular weight excluding hydrogens is 334 g/mol. The fourth-order valence-corrected chi connectivity index (χ4v) is 3.08. The highest BCUT2D eigenvalue weighted by Gasteiger charge is 2.18. The topological polar surface area (TPSA) is 67.9 Å². The van der Waals surface area contributed by atoms with Gasteiger partial charge in [-0.25, -0.2) is 0 Å². The van der Waals surface area contributed by atoms with E-state index in [1.54, 1.807) is 24.2 Å². The Bertz CT molecular complexity index is 808. The Kier molecular flexibility index (Phi) is 5.65. The van der Waals surface area contributed by atoms with E-state index in [-0.39, 0.29) is 6.04 Å². The second-order valence-electron chi connectivity index (χ2n) is 5.88. The van der Waals surface area contributed by atoms with Crippen molar-refractivity contribution in [1.29, 1.82) is 0 Å². The van der Waals surface area contributed by atoms with Crippen LogP contribution < -0.4 is 4.90 Å². The lowest BCUT2D eigenvalue weighted by Gasteiger charge is -2.22. The molecule has 0 aromatic carbocycles. The molecule has 1 unspecified atom stereocenters. The van der Waals surface area contributed by atoms with Crippen LogP contribution in [0.2, 0.25) is 0 Å². The predicted molar refractivity (Wildman–Crippen MR) is 98.6 cm³/mol. The second-order valence-corrected chi connectivity index (χ2v) is 6.93. The maximum absolute atomic E-state index is 5.80. The van der Waals surface area contributed by atoms with Crippen LogP contribution >= 0.6 is 11.8 Å². The van der Waals surface area contributed by atoms with Crippen molar-refractivity contribution in [3.8, 4) is 0 Å². The van der Waals surface area contributed by atoms with Gasteiger partial charge in [0, 0.05) is 48.7 Å². The summed E-state index contributed by atoms with van der Waals surface area (Å²) >= 11 is 1.65. The van der Waals surface area contributed by atoms with Crippen LogP contribution in [0.4, 0.5) is 6.01 Å². The molecule has 0 fully saturated rings. The molecule has 1 atom stereocenters. The Morgan fingerprint density at radius 1 is 1.16 bits per heavy atom. The lowest BCUT2D eigenvalue weighted by atomic mass is 10.1. The van der Waals surface area contributed by atoms with Crippen LogP contribution in [0.5, 0.6) is 0 Å². The summed E-state index contributed by atoms with van der Waals surface area (Å²) in [5.74, 6) is 1.25. The fraction of sp³-hybridized carbons (Fsp3) is 0.333. The molecular formula is C18H21N5OS. The minimum absolute atomic E-state index is 0.203. The molecule has 7 heteroatoms. The van der Waals surface area contributed by atoms with Gasteiger partial charge in [0.25, 0.3) is 0 Å². The van der Waals surface area contributed by atoms with Gasteiger partial charge >= 0.3 is 6.01 Å². The minimum atomic E-state index is 0.203. The van der Waals surface area contributed by atoms with Gasteiger partial charge in [-0.3, -0.25) is 9.97 Å². The molecule has 0 aliphatic carbocycles. The van der Waals surface area contributed by atoms with Crippen LogP contribution in [0.25, 0.3) is 0 Å². The number of hydrogen-bond donors (Lipinski definition) is 0. The van der Waals surface area contributed by atoms with Gasteiger partial charge in [0.2, 0.25) is 5.89 Å². The van der Waals surface area contributed by atoms with E-state index in [9.17, 15) is 0 Å². The van der Waals surface area contributed by atoms with E-state index in [1.807, 2.05) is 36.3 Å². The number of aromatic nitrogens is 4. The van der Waals surface area contributed by atoms with Crippen molar-refractivity contribution in [1.82, 2.24) is 20.2 Å². The summed E-state index contributed by atoms with van der Waals surface area (Å²) in [6.45, 7) is 4.21. The zero-order valence-corrected chi connectivity index (χ0v) is 15.4. The predicted octanol–water partition coefficient (Wildman–Crippen LogP) is 3.53. The summed E-state index contributed by atoms with van der Waals surface area (Å²) < 4.78 is 5.80. The van der Waals surface area contributed by atoms with E-state index >= 15 is 0 Å². The zero-order valence-electron chi connectivity index (χ0n) is 14.6. The van der Waals surface area contributed by atoms with Crippen molar-refractivity contribution in [2.45, 2.75) is 37.0 Å². The smallest absolute Gasteiger partial charge is 0.318 e. The van der Waals surface area contributed by atoms with Gasteiger partial charge in [0.15, 0.2) is 0 Å². The average Bonchev–Trinajstić information content (AvgIpc) is 3.11. The van der Waals surface area contributed by atoms with Gasteiger partial charge in [0.05, 0.1) is 5.75 Å². The summed E-state index contributed by atoms with van der Waals surface area (Å²) in [4.78, 5) is 11.6. The first-order valence-corrected chi connectivity index (χ1v) is 9.10. The Morgan fingerprint density at radius 2 is 1.96 bits per heavy atom. The van der Waals surface area contributed by atoms with Crippen molar-refractivity contribution in [3.63, 3.8) is 0 Å². The number of hydrogen-bond acceptors (Lipinski definition) is 7. The van der Waals surface area contributed by atoms with Gasteiger partial charge in [-0.05, 0) is 37.6 Å². The van der Waals surface area contributed by atoms with E-state index in [1.165, 1.54) is 5.56 Å². The van der Waals surface area contributed by atoms with Gasteiger partial charge in [-0.15, -0.1) is 16.9 Å². The molecule has 3 aromatic rings. The van der Waals surface area contributed by atoms with E-state index in [0.717, 1.165) is 17.0 Å². The van der Waals surface area contributed by atoms with Crippen LogP contribution in [0.3, 0.4) is 0 Å². The molecule has 0 N–H and O–H groups in total. The van der Waals surface area contributed by atoms with Crippen LogP contribution in [0.1, 0.15) is 24.1 Å². The van der Waals surface area contributed by atoms with Crippen molar-refractivity contribution < 1.29 is 4.42 Å². The average molecular weight is 355 g/mol. The highest BCUT2D eigenvalue weighted by molar-refractivity contribution is 7.98. The normalized spacial score (nSPS) is 12.1. The third-order valence-electron chi connectivity index (χ3n) is 4.04. The van der Waals surface area contributed by atoms with Crippen molar-refractivity contribution in [3.05, 3.63) is 60.0 Å². The van der Waals surface area contributed by atoms with Gasteiger partial charge in [-0.1, -0.05) is 11.2 Å². The number of likely N-dealkylation sites (N-methyl/N-ethyl adjacent to an activating group) is 1. The van der Waals surface area contributed by atoms with Crippen LogP contribution in [-0.4, -0.2) is 33.3 Å². The van der Waals surface area contributed by atoms with E-state index in [0.29, 0.717) is 17.7 Å². The maximum Gasteiger partial charge on any atom is 0.318 e. The lowest BCUT2D eigenvalue weighted by molar-refractivity contribution is 0.490. The molecule has 3 aromatic heterocycles. The first-order valence-electron chi connectivity index (χ1n) is 8.12. The summed E-state index contributed by atoms with van der Waals surface area (Å²) in [6.07, 6.45) is 6.20. The number of aryl methyl sites for hydroxylation is 1. The number of rotatable bonds is 7. The first-order chi connectivity index (χ1) is 12.1. The Labute approximate surface area is 151 Å². The van der Waals surface area contributed by atoms with E-state index in [4.69, 9.17) is 4.42 Å². The van der Waals surface area contributed by atoms with Crippen molar-refractivity contribution in [2.24, 2.45) is 0 Å². The Morgan fingerprint density at radius 3 is 2.72 bits per heavy atom. The Hall–Kier alpha value is -2.41. The molecule has 3 rings (SSSR count). The van der Waals surface area contributed by atoms with Crippen molar-refractivity contribution >= 4 is 17.8 Å². The molecule has 6 nitrogen and oxygen atoms in total. The van der Waals surface area contributed by atoms with Crippen molar-refractivity contribution in [2.75, 3.05) is 11.9 Å². The largest absolute Gasteiger partial charge is 0.407 e. The van der Waals surface area contributed by atoms with Crippen LogP contribution in [-0.2, 0) is 12.2 Å². The molecule has 0 saturated heterocycles. The number of anilines is 1. The molecule has 0 aliphatic heterocycles. The first kappa shape index (κ1) is 17.4. The molecule has 0 bridgehead atoms. The number of nitrogens with zero attached hydrogens (tertiary/aromatic N) is 5. The third kappa shape index (κ3) is 4.57. The standard InChI is InChI=1S/C18H21N5OS/c1-13-5-4-8-20-16(13)11-14(2)23(3)18-22-21-17(24-18)12-25-15-6-9-19-10-7-15/h4-10,14H,11-12H2,1-3H3. The quantitative estimate of drug-likeness (QED) is 0.601. The number of pyridine rings is 2. The highest BCUT2D eigenvalue weighted by Crippen LogP contribution is 2.23. The summed E-state index contributed by atoms with van der Waals surface area (Å²) in [5, 5.41) is 8.33. The SMILES string of the molecule is Cc1cccnc1CC(C)N(C)c1nnc(CSc2ccncc2)o1. The third-order valence-corrected chi connectivity index (χ3v) is 5.03. The Balaban J connectivity index is 1.60. The molecule has 25 heavy (non-hydrogen) atoms. The van der Waals surface area contributed by atoms with Gasteiger partial charge in [-0.2, -0.15) is 0 Å². The van der Waals surface area contributed by atoms with E-state index in [2.05, 4.69) is 40.1 Å². The lowest BCUT2D eigenvalue weighted by Crippen LogP contribution is -2.31. The highest BCUT2D eigenvalue weighted by atomic mass is 32.2. The fourth-order valence-electron chi connectivity index (χ4n) is 2.36. The number of thioether (sulfide) groups is 1.